The number of nitrogens with one attached hydrogen (secondary N) is 1. The van der Waals surface area contributed by atoms with Crippen LogP contribution in [0.4, 0.5) is 11.5 Å². The van der Waals surface area contributed by atoms with Gasteiger partial charge in [0.05, 0.1) is 11.5 Å². The van der Waals surface area contributed by atoms with Crippen molar-refractivity contribution < 1.29 is 4.92 Å². The largest absolute Gasteiger partial charge is 0.370 e. The number of hydrogen-bond acceptors (Lipinski definition) is 5. The normalized spacial score (nSPS) is 10.7. The second kappa shape index (κ2) is 10.4. The van der Waals surface area contributed by atoms with Crippen molar-refractivity contribution in [3.05, 3.63) is 62.2 Å². The molecule has 27 heavy (non-hydrogen) atoms. The molecule has 0 amide bonds. The van der Waals surface area contributed by atoms with Crippen LogP contribution in [-0.4, -0.2) is 21.0 Å². The Morgan fingerprint density at radius 3 is 2.44 bits per heavy atom. The molecule has 0 aliphatic carbocycles. The molecule has 0 aliphatic heterocycles. The van der Waals surface area contributed by atoms with Crippen LogP contribution in [0.25, 0.3) is 0 Å². The molecule has 2 aromatic rings. The molecule has 7 heteroatoms. The minimum Gasteiger partial charge on any atom is -0.370 e. The Hall–Kier alpha value is -2.70. The molecule has 0 fully saturated rings. The number of nitrogens with zero attached hydrogens (tertiary/aromatic N) is 3. The maximum Gasteiger partial charge on any atom is 0.349 e. The molecular weight excluding hydrogens is 344 g/mol. The predicted octanol–water partition coefficient (Wildman–Crippen LogP) is 4.28. The van der Waals surface area contributed by atoms with Gasteiger partial charge in [0.2, 0.25) is 0 Å². The van der Waals surface area contributed by atoms with Gasteiger partial charge >= 0.3 is 5.69 Å². The van der Waals surface area contributed by atoms with E-state index in [0.29, 0.717) is 12.4 Å². The van der Waals surface area contributed by atoms with Gasteiger partial charge in [0.25, 0.3) is 5.69 Å². The molecule has 0 saturated heterocycles. The molecule has 1 N–H and O–H groups in total. The van der Waals surface area contributed by atoms with Gasteiger partial charge in [0, 0.05) is 30.4 Å². The van der Waals surface area contributed by atoms with Gasteiger partial charge in [-0.05, 0) is 18.9 Å². The summed E-state index contributed by atoms with van der Waals surface area (Å²) in [6.07, 6.45) is 9.10. The summed E-state index contributed by atoms with van der Waals surface area (Å²) >= 11 is 0. The van der Waals surface area contributed by atoms with Gasteiger partial charge in [-0.2, -0.15) is 4.98 Å². The van der Waals surface area contributed by atoms with Crippen molar-refractivity contribution in [1.82, 2.24) is 9.55 Å². The molecule has 146 valence electrons. The van der Waals surface area contributed by atoms with Gasteiger partial charge in [0.15, 0.2) is 0 Å². The van der Waals surface area contributed by atoms with Crippen LogP contribution in [0.5, 0.6) is 0 Å². The van der Waals surface area contributed by atoms with Crippen LogP contribution in [0.1, 0.15) is 56.6 Å². The van der Waals surface area contributed by atoms with E-state index in [1.165, 1.54) is 48.8 Å². The first-order valence-electron chi connectivity index (χ1n) is 9.56. The average Bonchev–Trinajstić information content (AvgIpc) is 2.65. The number of unbranched alkanes of at least 4 members (excludes halogenated alkanes) is 5. The Bertz CT molecular complexity index is 800. The van der Waals surface area contributed by atoms with E-state index in [0.717, 1.165) is 24.1 Å². The molecule has 0 radical (unpaired) electrons. The first kappa shape index (κ1) is 20.6. The average molecular weight is 372 g/mol. The Kier molecular flexibility index (Phi) is 7.98. The zero-order chi connectivity index (χ0) is 19.6. The van der Waals surface area contributed by atoms with E-state index in [1.807, 2.05) is 6.92 Å². The maximum atomic E-state index is 12.3. The van der Waals surface area contributed by atoms with Crippen molar-refractivity contribution in [3.63, 3.8) is 0 Å². The van der Waals surface area contributed by atoms with Crippen molar-refractivity contribution in [2.24, 2.45) is 0 Å². The number of hydrogen-bond donors (Lipinski definition) is 1. The Morgan fingerprint density at radius 2 is 1.78 bits per heavy atom. The highest BCUT2D eigenvalue weighted by Gasteiger charge is 2.08. The lowest BCUT2D eigenvalue weighted by Crippen LogP contribution is -2.25. The number of nitro groups is 1. The Balaban J connectivity index is 1.92. The van der Waals surface area contributed by atoms with Crippen molar-refractivity contribution in [3.8, 4) is 0 Å². The van der Waals surface area contributed by atoms with Crippen LogP contribution in [0.15, 0.2) is 35.3 Å². The lowest BCUT2D eigenvalue weighted by Gasteiger charge is -2.11. The Labute approximate surface area is 159 Å². The lowest BCUT2D eigenvalue weighted by molar-refractivity contribution is -0.384. The first-order chi connectivity index (χ1) is 13.0. The highest BCUT2D eigenvalue weighted by Crippen LogP contribution is 2.14. The summed E-state index contributed by atoms with van der Waals surface area (Å²) in [5.41, 5.74) is 1.43. The number of aryl methyl sites for hydroxylation is 1. The van der Waals surface area contributed by atoms with E-state index in [4.69, 9.17) is 0 Å². The standard InChI is InChI=1S/C20H28N4O3/c1-3-4-5-6-7-8-13-21-19-16(2)14-23(20(25)22-19)15-17-9-11-18(12-10-17)24(26)27/h9-12,14H,3-8,13,15H2,1-2H3,(H,21,22,25). The molecule has 0 atom stereocenters. The van der Waals surface area contributed by atoms with E-state index in [2.05, 4.69) is 17.2 Å². The van der Waals surface area contributed by atoms with E-state index < -0.39 is 4.92 Å². The number of non-ortho nitro benzene ring substituents is 1. The van der Waals surface area contributed by atoms with Gasteiger partial charge < -0.3 is 5.32 Å². The number of aromatic nitrogens is 2. The minimum atomic E-state index is -0.439. The van der Waals surface area contributed by atoms with E-state index in [1.54, 1.807) is 18.3 Å². The second-order valence-electron chi connectivity index (χ2n) is 6.80. The van der Waals surface area contributed by atoms with Gasteiger partial charge in [0.1, 0.15) is 5.82 Å². The van der Waals surface area contributed by atoms with Gasteiger partial charge in [-0.3, -0.25) is 14.7 Å². The highest BCUT2D eigenvalue weighted by atomic mass is 16.6. The maximum absolute atomic E-state index is 12.3. The zero-order valence-electron chi connectivity index (χ0n) is 16.1. The second-order valence-corrected chi connectivity index (χ2v) is 6.80. The first-order valence-corrected chi connectivity index (χ1v) is 9.56. The summed E-state index contributed by atoms with van der Waals surface area (Å²) < 4.78 is 1.52. The summed E-state index contributed by atoms with van der Waals surface area (Å²) in [4.78, 5) is 26.7. The molecule has 1 heterocycles. The highest BCUT2D eigenvalue weighted by molar-refractivity contribution is 5.41. The quantitative estimate of drug-likeness (QED) is 0.361. The SMILES string of the molecule is CCCCCCCCNc1nc(=O)n(Cc2ccc([N+](=O)[O-])cc2)cc1C. The van der Waals surface area contributed by atoms with Crippen molar-refractivity contribution >= 4 is 11.5 Å². The molecule has 2 rings (SSSR count). The molecule has 0 saturated carbocycles. The molecular formula is C20H28N4O3. The van der Waals surface area contributed by atoms with Crippen molar-refractivity contribution in [2.75, 3.05) is 11.9 Å². The van der Waals surface area contributed by atoms with Crippen LogP contribution in [0.3, 0.4) is 0 Å². The molecule has 0 aliphatic rings. The molecule has 1 aromatic heterocycles. The smallest absolute Gasteiger partial charge is 0.349 e. The summed E-state index contributed by atoms with van der Waals surface area (Å²) in [5, 5.41) is 14.0. The topological polar surface area (TPSA) is 90.1 Å². The van der Waals surface area contributed by atoms with Crippen molar-refractivity contribution in [1.29, 1.82) is 0 Å². The molecule has 0 unspecified atom stereocenters. The molecule has 0 spiro atoms. The van der Waals surface area contributed by atoms with E-state index in [9.17, 15) is 14.9 Å². The monoisotopic (exact) mass is 372 g/mol. The lowest BCUT2D eigenvalue weighted by atomic mass is 10.1. The zero-order valence-corrected chi connectivity index (χ0v) is 16.1. The summed E-state index contributed by atoms with van der Waals surface area (Å²) in [7, 11) is 0. The van der Waals surface area contributed by atoms with Crippen LogP contribution in [0.2, 0.25) is 0 Å². The van der Waals surface area contributed by atoms with Crippen LogP contribution >= 0.6 is 0 Å². The number of benzene rings is 1. The third-order valence-electron chi connectivity index (χ3n) is 4.50. The van der Waals surface area contributed by atoms with Crippen LogP contribution < -0.4 is 11.0 Å². The van der Waals surface area contributed by atoms with Gasteiger partial charge in [-0.25, -0.2) is 4.79 Å². The van der Waals surface area contributed by atoms with Crippen LogP contribution in [-0.2, 0) is 6.54 Å². The Morgan fingerprint density at radius 1 is 1.11 bits per heavy atom. The fraction of sp³-hybridized carbons (Fsp3) is 0.500. The fourth-order valence-corrected chi connectivity index (χ4v) is 2.92. The van der Waals surface area contributed by atoms with E-state index in [-0.39, 0.29) is 11.4 Å². The minimum absolute atomic E-state index is 0.0367. The molecule has 1 aromatic carbocycles. The van der Waals surface area contributed by atoms with Gasteiger partial charge in [-0.1, -0.05) is 51.2 Å². The predicted molar refractivity (Wildman–Crippen MR) is 107 cm³/mol. The number of nitro benzene ring substituents is 1. The fourth-order valence-electron chi connectivity index (χ4n) is 2.92. The third kappa shape index (κ3) is 6.51. The van der Waals surface area contributed by atoms with Crippen molar-refractivity contribution in [2.45, 2.75) is 58.9 Å². The molecule has 7 nitrogen and oxygen atoms in total. The van der Waals surface area contributed by atoms with E-state index >= 15 is 0 Å². The third-order valence-corrected chi connectivity index (χ3v) is 4.50. The molecule has 0 bridgehead atoms. The van der Waals surface area contributed by atoms with Crippen LogP contribution in [0, 0.1) is 17.0 Å². The summed E-state index contributed by atoms with van der Waals surface area (Å²) in [6, 6.07) is 6.20. The number of anilines is 1. The van der Waals surface area contributed by atoms with Gasteiger partial charge in [-0.15, -0.1) is 0 Å². The summed E-state index contributed by atoms with van der Waals surface area (Å²) in [5.74, 6) is 0.633. The number of rotatable bonds is 11. The summed E-state index contributed by atoms with van der Waals surface area (Å²) in [6.45, 7) is 5.27.